The molecule has 0 unspecified atom stereocenters. The van der Waals surface area contributed by atoms with Gasteiger partial charge >= 0.3 is 0 Å². The first-order chi connectivity index (χ1) is 15.7. The Morgan fingerprint density at radius 2 is 1.72 bits per heavy atom. The van der Waals surface area contributed by atoms with Crippen LogP contribution < -0.4 is 4.90 Å². The lowest BCUT2D eigenvalue weighted by atomic mass is 10.1. The lowest BCUT2D eigenvalue weighted by Gasteiger charge is -2.34. The molecule has 3 N–H and O–H groups in total. The molecule has 5 aromatic heterocycles. The first kappa shape index (κ1) is 18.8. The Hall–Kier alpha value is -3.98. The Bertz CT molecular complexity index is 1430. The van der Waals surface area contributed by atoms with Gasteiger partial charge < -0.3 is 19.9 Å². The quantitative estimate of drug-likeness (QED) is 0.407. The Morgan fingerprint density at radius 3 is 2.56 bits per heavy atom. The number of aromatic amines is 2. The first-order valence-electron chi connectivity index (χ1n) is 10.5. The van der Waals surface area contributed by atoms with E-state index in [0.29, 0.717) is 0 Å². The average molecular weight is 426 g/mol. The lowest BCUT2D eigenvalue weighted by Crippen LogP contribution is -2.44. The Balaban J connectivity index is 1.44. The molecule has 0 bridgehead atoms. The Kier molecular flexibility index (Phi) is 4.29. The molecule has 6 rings (SSSR count). The number of nitrogens with zero attached hydrogens (tertiary/aromatic N) is 6. The van der Waals surface area contributed by atoms with Gasteiger partial charge in [0, 0.05) is 48.7 Å². The molecule has 0 aromatic carbocycles. The standard InChI is InChI=1S/C23H22N8O/c1-30-2-4-31(5-3-30)22-13-25-11-20-16(22)7-19(27-20)23-17-8-18(26-12-21(17)28-29-23)14-6-15(32)10-24-9-14/h6-13,27,32H,2-5H2,1H3,(H,28,29). The van der Waals surface area contributed by atoms with Crippen molar-refractivity contribution in [3.05, 3.63) is 49.2 Å². The highest BCUT2D eigenvalue weighted by Gasteiger charge is 2.19. The zero-order valence-electron chi connectivity index (χ0n) is 17.6. The predicted octanol–water partition coefficient (Wildman–Crippen LogP) is 3.02. The highest BCUT2D eigenvalue weighted by atomic mass is 16.3. The summed E-state index contributed by atoms with van der Waals surface area (Å²) in [5.41, 5.74) is 6.17. The van der Waals surface area contributed by atoms with E-state index in [1.54, 1.807) is 18.5 Å². The summed E-state index contributed by atoms with van der Waals surface area (Å²) in [5, 5.41) is 19.5. The van der Waals surface area contributed by atoms with Gasteiger partial charge in [0.05, 0.1) is 52.9 Å². The maximum absolute atomic E-state index is 9.78. The van der Waals surface area contributed by atoms with E-state index < -0.39 is 0 Å². The van der Waals surface area contributed by atoms with Gasteiger partial charge in [-0.1, -0.05) is 0 Å². The molecule has 5 aromatic rings. The molecule has 0 atom stereocenters. The number of rotatable bonds is 3. The van der Waals surface area contributed by atoms with E-state index >= 15 is 0 Å². The van der Waals surface area contributed by atoms with E-state index in [0.717, 1.165) is 76.3 Å². The molecule has 0 spiro atoms. The highest BCUT2D eigenvalue weighted by Crippen LogP contribution is 2.34. The molecule has 0 saturated carbocycles. The van der Waals surface area contributed by atoms with E-state index in [4.69, 9.17) is 0 Å². The summed E-state index contributed by atoms with van der Waals surface area (Å²) in [4.78, 5) is 21.3. The minimum absolute atomic E-state index is 0.108. The van der Waals surface area contributed by atoms with Crippen LogP contribution in [0.1, 0.15) is 0 Å². The maximum Gasteiger partial charge on any atom is 0.134 e. The zero-order valence-corrected chi connectivity index (χ0v) is 17.6. The van der Waals surface area contributed by atoms with Crippen molar-refractivity contribution < 1.29 is 5.11 Å². The van der Waals surface area contributed by atoms with E-state index in [1.807, 2.05) is 18.5 Å². The Morgan fingerprint density at radius 1 is 0.875 bits per heavy atom. The molecule has 32 heavy (non-hydrogen) atoms. The highest BCUT2D eigenvalue weighted by molar-refractivity contribution is 6.00. The molecule has 9 nitrogen and oxygen atoms in total. The number of likely N-dealkylation sites (N-methyl/N-ethyl adjacent to an activating group) is 1. The van der Waals surface area contributed by atoms with Crippen molar-refractivity contribution in [2.24, 2.45) is 0 Å². The van der Waals surface area contributed by atoms with Crippen molar-refractivity contribution in [1.29, 1.82) is 0 Å². The van der Waals surface area contributed by atoms with Crippen LogP contribution >= 0.6 is 0 Å². The molecule has 0 radical (unpaired) electrons. The normalized spacial score (nSPS) is 15.1. The van der Waals surface area contributed by atoms with Gasteiger partial charge in [-0.25, -0.2) is 0 Å². The van der Waals surface area contributed by atoms with Gasteiger partial charge in [0.2, 0.25) is 0 Å². The van der Waals surface area contributed by atoms with Crippen LogP contribution in [0.5, 0.6) is 5.75 Å². The predicted molar refractivity (Wildman–Crippen MR) is 124 cm³/mol. The SMILES string of the molecule is CN1CCN(c2cncc3[nH]c(-c4n[nH]c5cnc(-c6cncc(O)c6)cc45)cc23)CC1. The number of nitrogens with one attached hydrogen (secondary N) is 2. The second-order valence-electron chi connectivity index (χ2n) is 8.21. The summed E-state index contributed by atoms with van der Waals surface area (Å²) in [6.45, 7) is 4.04. The van der Waals surface area contributed by atoms with E-state index in [1.165, 1.54) is 6.20 Å². The second kappa shape index (κ2) is 7.31. The number of pyridine rings is 3. The number of aromatic nitrogens is 6. The summed E-state index contributed by atoms with van der Waals surface area (Å²) >= 11 is 0. The largest absolute Gasteiger partial charge is 0.506 e. The molecule has 6 heterocycles. The molecule has 1 fully saturated rings. The van der Waals surface area contributed by atoms with Crippen molar-refractivity contribution in [2.45, 2.75) is 0 Å². The molecular weight excluding hydrogens is 404 g/mol. The van der Waals surface area contributed by atoms with Crippen molar-refractivity contribution in [3.8, 4) is 28.4 Å². The fraction of sp³-hybridized carbons (Fsp3) is 0.217. The molecule has 0 aliphatic carbocycles. The second-order valence-corrected chi connectivity index (χ2v) is 8.21. The van der Waals surface area contributed by atoms with Crippen LogP contribution in [0.3, 0.4) is 0 Å². The average Bonchev–Trinajstić information content (AvgIpc) is 3.43. The summed E-state index contributed by atoms with van der Waals surface area (Å²) in [7, 11) is 2.16. The molecule has 160 valence electrons. The third kappa shape index (κ3) is 3.14. The van der Waals surface area contributed by atoms with Gasteiger partial charge in [-0.3, -0.25) is 20.1 Å². The number of H-pyrrole nitrogens is 2. The minimum atomic E-state index is 0.108. The maximum atomic E-state index is 9.78. The Labute approximate surface area is 183 Å². The van der Waals surface area contributed by atoms with Crippen LogP contribution in [0, 0.1) is 0 Å². The van der Waals surface area contributed by atoms with Crippen LogP contribution in [0.2, 0.25) is 0 Å². The molecule has 9 heteroatoms. The summed E-state index contributed by atoms with van der Waals surface area (Å²) in [6, 6.07) is 5.77. The van der Waals surface area contributed by atoms with Gasteiger partial charge in [0.1, 0.15) is 11.4 Å². The molecule has 1 aliphatic heterocycles. The molecule has 1 saturated heterocycles. The number of fused-ring (bicyclic) bond motifs is 2. The summed E-state index contributed by atoms with van der Waals surface area (Å²) < 4.78 is 0. The molecular formula is C23H22N8O. The fourth-order valence-corrected chi connectivity index (χ4v) is 4.31. The van der Waals surface area contributed by atoms with Gasteiger partial charge in [-0.2, -0.15) is 5.10 Å². The zero-order chi connectivity index (χ0) is 21.7. The van der Waals surface area contributed by atoms with Crippen molar-refractivity contribution in [2.75, 3.05) is 38.1 Å². The number of hydrogen-bond acceptors (Lipinski definition) is 7. The first-order valence-corrected chi connectivity index (χ1v) is 10.5. The van der Waals surface area contributed by atoms with Crippen LogP contribution in [0.25, 0.3) is 44.5 Å². The summed E-state index contributed by atoms with van der Waals surface area (Å²) in [6.07, 6.45) is 8.65. The van der Waals surface area contributed by atoms with Gasteiger partial charge in [-0.15, -0.1) is 0 Å². The minimum Gasteiger partial charge on any atom is -0.506 e. The third-order valence-electron chi connectivity index (χ3n) is 6.09. The number of anilines is 1. The van der Waals surface area contributed by atoms with Crippen LogP contribution in [0.4, 0.5) is 5.69 Å². The van der Waals surface area contributed by atoms with Crippen molar-refractivity contribution in [3.63, 3.8) is 0 Å². The van der Waals surface area contributed by atoms with Gasteiger partial charge in [-0.05, 0) is 25.2 Å². The van der Waals surface area contributed by atoms with Gasteiger partial charge in [0.15, 0.2) is 0 Å². The van der Waals surface area contributed by atoms with E-state index in [-0.39, 0.29) is 5.75 Å². The smallest absolute Gasteiger partial charge is 0.134 e. The molecule has 0 amide bonds. The molecule has 1 aliphatic rings. The van der Waals surface area contributed by atoms with Gasteiger partial charge in [0.25, 0.3) is 0 Å². The lowest BCUT2D eigenvalue weighted by molar-refractivity contribution is 0.313. The number of hydrogen-bond donors (Lipinski definition) is 3. The fourth-order valence-electron chi connectivity index (χ4n) is 4.31. The van der Waals surface area contributed by atoms with E-state index in [2.05, 4.69) is 53.0 Å². The number of aromatic hydroxyl groups is 1. The summed E-state index contributed by atoms with van der Waals surface area (Å²) in [5.74, 6) is 0.108. The van der Waals surface area contributed by atoms with Crippen LogP contribution in [-0.4, -0.2) is 73.4 Å². The monoisotopic (exact) mass is 426 g/mol. The van der Waals surface area contributed by atoms with E-state index in [9.17, 15) is 5.11 Å². The third-order valence-corrected chi connectivity index (χ3v) is 6.09. The van der Waals surface area contributed by atoms with Crippen molar-refractivity contribution >= 4 is 27.5 Å². The number of piperazine rings is 1. The van der Waals surface area contributed by atoms with Crippen LogP contribution in [-0.2, 0) is 0 Å². The van der Waals surface area contributed by atoms with Crippen LogP contribution in [0.15, 0.2) is 49.2 Å². The topological polar surface area (TPSA) is 110 Å². The van der Waals surface area contributed by atoms with Crippen molar-refractivity contribution in [1.82, 2.24) is 35.0 Å².